The third kappa shape index (κ3) is 4.81. The van der Waals surface area contributed by atoms with Crippen molar-refractivity contribution < 1.29 is 19.1 Å². The third-order valence-corrected chi connectivity index (χ3v) is 4.74. The maximum Gasteiger partial charge on any atom is 0.326 e. The molecule has 0 spiro atoms. The van der Waals surface area contributed by atoms with Crippen molar-refractivity contribution in [3.8, 4) is 0 Å². The first-order valence-electron chi connectivity index (χ1n) is 8.97. The predicted molar refractivity (Wildman–Crippen MR) is 93.1 cm³/mol. The Morgan fingerprint density at radius 2 is 1.88 bits per heavy atom. The van der Waals surface area contributed by atoms with Gasteiger partial charge in [-0.15, -0.1) is 0 Å². The molecule has 2 aliphatic rings. The first-order chi connectivity index (χ1) is 12.1. The zero-order valence-electron chi connectivity index (χ0n) is 14.4. The molecule has 0 aromatic heterocycles. The van der Waals surface area contributed by atoms with Gasteiger partial charge in [0.1, 0.15) is 6.54 Å². The highest BCUT2D eigenvalue weighted by molar-refractivity contribution is 5.93. The van der Waals surface area contributed by atoms with Gasteiger partial charge in [0, 0.05) is 18.7 Å². The third-order valence-electron chi connectivity index (χ3n) is 4.74. The molecule has 1 N–H and O–H groups in total. The van der Waals surface area contributed by atoms with Crippen molar-refractivity contribution in [1.82, 2.24) is 4.90 Å². The van der Waals surface area contributed by atoms with Crippen LogP contribution < -0.4 is 5.32 Å². The van der Waals surface area contributed by atoms with Crippen LogP contribution in [0.3, 0.4) is 0 Å². The van der Waals surface area contributed by atoms with Gasteiger partial charge in [0.25, 0.3) is 5.91 Å². The summed E-state index contributed by atoms with van der Waals surface area (Å²) in [5.74, 6) is -0.926. The largest absolute Gasteiger partial charge is 0.454 e. The number of carbonyl (C=O) groups is 3. The molecule has 1 aromatic rings. The number of hydrogen-bond donors (Lipinski definition) is 1. The zero-order chi connectivity index (χ0) is 17.6. The Morgan fingerprint density at radius 1 is 1.04 bits per heavy atom. The first kappa shape index (κ1) is 17.5. The molecule has 0 atom stereocenters. The number of carbonyl (C=O) groups excluding carboxylic acids is 3. The summed E-state index contributed by atoms with van der Waals surface area (Å²) in [6.45, 7) is 0.165. The van der Waals surface area contributed by atoms with Crippen LogP contribution in [0.5, 0.6) is 0 Å². The summed E-state index contributed by atoms with van der Waals surface area (Å²) < 4.78 is 5.02. The molecule has 1 aliphatic carbocycles. The number of esters is 1. The lowest BCUT2D eigenvalue weighted by Crippen LogP contribution is -2.36. The molecule has 0 unspecified atom stereocenters. The monoisotopic (exact) mass is 344 g/mol. The van der Waals surface area contributed by atoms with Crippen LogP contribution in [-0.4, -0.2) is 42.4 Å². The molecule has 1 aromatic carbocycles. The van der Waals surface area contributed by atoms with Crippen molar-refractivity contribution in [2.75, 3.05) is 25.0 Å². The van der Waals surface area contributed by atoms with Crippen LogP contribution in [0.4, 0.5) is 5.69 Å². The van der Waals surface area contributed by atoms with Gasteiger partial charge in [-0.05, 0) is 55.4 Å². The summed E-state index contributed by atoms with van der Waals surface area (Å²) in [5, 5.41) is 2.75. The van der Waals surface area contributed by atoms with E-state index in [4.69, 9.17) is 4.74 Å². The van der Waals surface area contributed by atoms with Gasteiger partial charge >= 0.3 is 5.97 Å². The van der Waals surface area contributed by atoms with E-state index in [9.17, 15) is 14.4 Å². The molecule has 1 saturated heterocycles. The van der Waals surface area contributed by atoms with Gasteiger partial charge in [0.05, 0.1) is 0 Å². The molecule has 1 heterocycles. The van der Waals surface area contributed by atoms with Crippen LogP contribution in [0.2, 0.25) is 0 Å². The Bertz CT molecular complexity index is 671. The number of likely N-dealkylation sites (tertiary alicyclic amines) is 1. The molecule has 1 aliphatic heterocycles. The second-order valence-electron chi connectivity index (χ2n) is 6.67. The van der Waals surface area contributed by atoms with E-state index in [1.165, 1.54) is 16.0 Å². The minimum atomic E-state index is -0.542. The van der Waals surface area contributed by atoms with Crippen LogP contribution in [-0.2, 0) is 32.0 Å². The van der Waals surface area contributed by atoms with Crippen LogP contribution in [0.25, 0.3) is 0 Å². The molecule has 6 nitrogen and oxygen atoms in total. The number of aryl methyl sites for hydroxylation is 2. The van der Waals surface area contributed by atoms with Crippen LogP contribution in [0.15, 0.2) is 18.2 Å². The van der Waals surface area contributed by atoms with Crippen molar-refractivity contribution in [1.29, 1.82) is 0 Å². The van der Waals surface area contributed by atoms with Gasteiger partial charge in [-0.2, -0.15) is 0 Å². The quantitative estimate of drug-likeness (QED) is 0.830. The fourth-order valence-corrected chi connectivity index (χ4v) is 3.40. The van der Waals surface area contributed by atoms with E-state index in [0.29, 0.717) is 13.0 Å². The van der Waals surface area contributed by atoms with E-state index in [-0.39, 0.29) is 25.0 Å². The van der Waals surface area contributed by atoms with Crippen LogP contribution >= 0.6 is 0 Å². The van der Waals surface area contributed by atoms with Crippen molar-refractivity contribution in [3.05, 3.63) is 29.3 Å². The fraction of sp³-hybridized carbons (Fsp3) is 0.526. The normalized spacial score (nSPS) is 17.0. The van der Waals surface area contributed by atoms with E-state index in [1.54, 1.807) is 0 Å². The van der Waals surface area contributed by atoms with E-state index >= 15 is 0 Å². The Balaban J connectivity index is 1.43. The highest BCUT2D eigenvalue weighted by Crippen LogP contribution is 2.24. The van der Waals surface area contributed by atoms with Gasteiger partial charge in [-0.1, -0.05) is 12.5 Å². The second-order valence-corrected chi connectivity index (χ2v) is 6.67. The first-order valence-corrected chi connectivity index (χ1v) is 8.97. The zero-order valence-corrected chi connectivity index (χ0v) is 14.4. The summed E-state index contributed by atoms with van der Waals surface area (Å²) in [5.41, 5.74) is 3.34. The smallest absolute Gasteiger partial charge is 0.326 e. The average Bonchev–Trinajstić information content (AvgIpc) is 2.97. The molecule has 6 heteroatoms. The second kappa shape index (κ2) is 8.14. The molecule has 2 amide bonds. The number of rotatable bonds is 5. The lowest BCUT2D eigenvalue weighted by Gasteiger charge is -2.19. The number of amides is 2. The maximum atomic E-state index is 12.0. The minimum Gasteiger partial charge on any atom is -0.454 e. The lowest BCUT2D eigenvalue weighted by molar-refractivity contribution is -0.151. The minimum absolute atomic E-state index is 0.0166. The highest BCUT2D eigenvalue weighted by Gasteiger charge is 2.20. The molecule has 1 fully saturated rings. The van der Waals surface area contributed by atoms with Gasteiger partial charge < -0.3 is 15.0 Å². The number of benzene rings is 1. The molecule has 0 bridgehead atoms. The highest BCUT2D eigenvalue weighted by atomic mass is 16.5. The molecule has 134 valence electrons. The van der Waals surface area contributed by atoms with Crippen LogP contribution in [0, 0.1) is 0 Å². The summed E-state index contributed by atoms with van der Waals surface area (Å²) in [7, 11) is 0. The Kier molecular flexibility index (Phi) is 5.68. The number of anilines is 1. The standard InChI is InChI=1S/C19H24N2O4/c22-17(20-16-9-8-14-5-4-6-15(14)11-16)13-25-19(24)12-21-10-3-1-2-7-18(21)23/h8-9,11H,1-7,10,12-13H2,(H,20,22). The molecule has 0 saturated carbocycles. The average molecular weight is 344 g/mol. The SMILES string of the molecule is O=C(COC(=O)CN1CCCCCC1=O)Nc1ccc2c(c1)CCC2. The van der Waals surface area contributed by atoms with Crippen molar-refractivity contribution in [2.24, 2.45) is 0 Å². The molecule has 3 rings (SSSR count). The van der Waals surface area contributed by atoms with Gasteiger partial charge in [0.15, 0.2) is 6.61 Å². The Hall–Kier alpha value is -2.37. The molecular weight excluding hydrogens is 320 g/mol. The summed E-state index contributed by atoms with van der Waals surface area (Å²) in [6.07, 6.45) is 6.53. The van der Waals surface area contributed by atoms with Gasteiger partial charge in [0.2, 0.25) is 5.91 Å². The van der Waals surface area contributed by atoms with Gasteiger partial charge in [-0.25, -0.2) is 0 Å². The Morgan fingerprint density at radius 3 is 2.76 bits per heavy atom. The predicted octanol–water partition coefficient (Wildman–Crippen LogP) is 2.06. The number of nitrogens with zero attached hydrogens (tertiary/aromatic N) is 1. The topological polar surface area (TPSA) is 75.7 Å². The summed E-state index contributed by atoms with van der Waals surface area (Å²) in [6, 6.07) is 5.90. The van der Waals surface area contributed by atoms with Crippen molar-refractivity contribution >= 4 is 23.5 Å². The Labute approximate surface area is 147 Å². The van der Waals surface area contributed by atoms with Gasteiger partial charge in [-0.3, -0.25) is 14.4 Å². The molecular formula is C19H24N2O4. The molecule has 0 radical (unpaired) electrons. The fourth-order valence-electron chi connectivity index (χ4n) is 3.40. The summed E-state index contributed by atoms with van der Waals surface area (Å²) in [4.78, 5) is 37.2. The molecule has 25 heavy (non-hydrogen) atoms. The number of nitrogens with one attached hydrogen (secondary N) is 1. The van der Waals surface area contributed by atoms with E-state index < -0.39 is 5.97 Å². The van der Waals surface area contributed by atoms with E-state index in [2.05, 4.69) is 5.32 Å². The van der Waals surface area contributed by atoms with Crippen molar-refractivity contribution in [3.63, 3.8) is 0 Å². The van der Waals surface area contributed by atoms with E-state index in [1.807, 2.05) is 18.2 Å². The number of fused-ring (bicyclic) bond motifs is 1. The van der Waals surface area contributed by atoms with Crippen molar-refractivity contribution in [2.45, 2.75) is 44.9 Å². The van der Waals surface area contributed by atoms with Crippen LogP contribution in [0.1, 0.15) is 43.2 Å². The maximum absolute atomic E-state index is 12.0. The van der Waals surface area contributed by atoms with E-state index in [0.717, 1.165) is 44.2 Å². The number of ether oxygens (including phenoxy) is 1. The lowest BCUT2D eigenvalue weighted by atomic mass is 10.1. The summed E-state index contributed by atoms with van der Waals surface area (Å²) >= 11 is 0. The number of hydrogen-bond acceptors (Lipinski definition) is 4.